The minimum atomic E-state index is -0.355. The van der Waals surface area contributed by atoms with Crippen molar-refractivity contribution in [3.8, 4) is 5.75 Å². The zero-order chi connectivity index (χ0) is 14.9. The number of esters is 1. The first kappa shape index (κ1) is 13.1. The Kier molecular flexibility index (Phi) is 3.15. The first-order valence-electron chi connectivity index (χ1n) is 7.54. The number of aromatic nitrogens is 2. The molecule has 0 amide bonds. The predicted octanol–water partition coefficient (Wildman–Crippen LogP) is 3.82. The highest BCUT2D eigenvalue weighted by molar-refractivity contribution is 5.91. The number of fused-ring (bicyclic) bond motifs is 1. The third-order valence-corrected chi connectivity index (χ3v) is 4.29. The van der Waals surface area contributed by atoms with Gasteiger partial charge < -0.3 is 9.14 Å². The van der Waals surface area contributed by atoms with Crippen molar-refractivity contribution in [2.24, 2.45) is 0 Å². The summed E-state index contributed by atoms with van der Waals surface area (Å²) in [6.45, 7) is 0. The lowest BCUT2D eigenvalue weighted by molar-refractivity contribution is 0.0734. The highest BCUT2D eigenvalue weighted by Gasteiger charge is 2.19. The van der Waals surface area contributed by atoms with E-state index in [1.807, 2.05) is 12.1 Å². The average Bonchev–Trinajstić information content (AvgIpc) is 2.94. The maximum Gasteiger partial charge on any atom is 0.345 e. The molecule has 1 aliphatic rings. The smallest absolute Gasteiger partial charge is 0.345 e. The van der Waals surface area contributed by atoms with Crippen molar-refractivity contribution in [1.29, 1.82) is 0 Å². The van der Waals surface area contributed by atoms with Gasteiger partial charge in [0.05, 0.1) is 5.56 Å². The number of hydrogen-bond acceptors (Lipinski definition) is 3. The van der Waals surface area contributed by atoms with E-state index in [2.05, 4.69) is 17.1 Å². The van der Waals surface area contributed by atoms with E-state index in [1.165, 1.54) is 24.8 Å². The topological polar surface area (TPSA) is 43.6 Å². The molecule has 1 aromatic carbocycles. The first-order valence-corrected chi connectivity index (χ1v) is 7.54. The van der Waals surface area contributed by atoms with E-state index < -0.39 is 0 Å². The van der Waals surface area contributed by atoms with Crippen LogP contribution in [0.4, 0.5) is 0 Å². The number of rotatable bonds is 3. The van der Waals surface area contributed by atoms with E-state index in [-0.39, 0.29) is 5.97 Å². The summed E-state index contributed by atoms with van der Waals surface area (Å²) >= 11 is 0. The van der Waals surface area contributed by atoms with E-state index >= 15 is 0 Å². The van der Waals surface area contributed by atoms with Gasteiger partial charge in [0.15, 0.2) is 0 Å². The van der Waals surface area contributed by atoms with Crippen LogP contribution in [-0.2, 0) is 0 Å². The van der Waals surface area contributed by atoms with Crippen molar-refractivity contribution in [3.63, 3.8) is 0 Å². The monoisotopic (exact) mass is 292 g/mol. The van der Waals surface area contributed by atoms with Gasteiger partial charge in [0.2, 0.25) is 0 Å². The average molecular weight is 292 g/mol. The second kappa shape index (κ2) is 5.30. The van der Waals surface area contributed by atoms with Gasteiger partial charge in [0.25, 0.3) is 0 Å². The van der Waals surface area contributed by atoms with Crippen LogP contribution in [0.25, 0.3) is 5.65 Å². The van der Waals surface area contributed by atoms with Crippen LogP contribution in [0.1, 0.15) is 41.1 Å². The summed E-state index contributed by atoms with van der Waals surface area (Å²) in [5.74, 6) is 0.916. The molecule has 0 atom stereocenters. The molecule has 0 bridgehead atoms. The van der Waals surface area contributed by atoms with Gasteiger partial charge >= 0.3 is 5.97 Å². The number of imidazole rings is 1. The number of carbonyl (C=O) groups is 1. The molecule has 3 aromatic rings. The van der Waals surface area contributed by atoms with Crippen molar-refractivity contribution >= 4 is 11.6 Å². The van der Waals surface area contributed by atoms with Crippen molar-refractivity contribution in [3.05, 3.63) is 66.1 Å². The standard InChI is InChI=1S/C18H16N2O2/c21-18(15-6-9-17-19-10-11-20(17)12-15)22-16-7-4-14(5-8-16)13-2-1-3-13/h4-13H,1-3H2. The summed E-state index contributed by atoms with van der Waals surface area (Å²) in [4.78, 5) is 16.4. The largest absolute Gasteiger partial charge is 0.423 e. The normalized spacial score (nSPS) is 14.7. The van der Waals surface area contributed by atoms with Gasteiger partial charge in [-0.25, -0.2) is 9.78 Å². The molecule has 4 nitrogen and oxygen atoms in total. The van der Waals surface area contributed by atoms with Crippen LogP contribution in [0.5, 0.6) is 5.75 Å². The molecule has 22 heavy (non-hydrogen) atoms. The minimum absolute atomic E-state index is 0.355. The molecule has 1 saturated carbocycles. The zero-order valence-electron chi connectivity index (χ0n) is 12.1. The highest BCUT2D eigenvalue weighted by Crippen LogP contribution is 2.36. The molecule has 1 aliphatic carbocycles. The van der Waals surface area contributed by atoms with Crippen LogP contribution in [0.2, 0.25) is 0 Å². The highest BCUT2D eigenvalue weighted by atomic mass is 16.5. The van der Waals surface area contributed by atoms with E-state index in [0.717, 1.165) is 5.65 Å². The van der Waals surface area contributed by atoms with Crippen molar-refractivity contribution in [1.82, 2.24) is 9.38 Å². The number of ether oxygens (including phenoxy) is 1. The van der Waals surface area contributed by atoms with E-state index in [0.29, 0.717) is 17.2 Å². The Morgan fingerprint density at radius 3 is 2.68 bits per heavy atom. The van der Waals surface area contributed by atoms with Crippen LogP contribution in [-0.4, -0.2) is 15.4 Å². The summed E-state index contributed by atoms with van der Waals surface area (Å²) in [6.07, 6.45) is 9.09. The number of hydrogen-bond donors (Lipinski definition) is 0. The van der Waals surface area contributed by atoms with Crippen molar-refractivity contribution in [2.45, 2.75) is 25.2 Å². The Labute approximate surface area is 128 Å². The zero-order valence-corrected chi connectivity index (χ0v) is 12.1. The molecular formula is C18H16N2O2. The van der Waals surface area contributed by atoms with Crippen molar-refractivity contribution in [2.75, 3.05) is 0 Å². The maximum atomic E-state index is 12.2. The lowest BCUT2D eigenvalue weighted by Gasteiger charge is -2.25. The van der Waals surface area contributed by atoms with Crippen molar-refractivity contribution < 1.29 is 9.53 Å². The molecule has 1 fully saturated rings. The van der Waals surface area contributed by atoms with Gasteiger partial charge in [0, 0.05) is 18.6 Å². The minimum Gasteiger partial charge on any atom is -0.423 e. The van der Waals surface area contributed by atoms with Gasteiger partial charge in [0.1, 0.15) is 11.4 Å². The first-order chi connectivity index (χ1) is 10.8. The molecule has 4 heteroatoms. The Morgan fingerprint density at radius 1 is 1.14 bits per heavy atom. The molecule has 0 radical (unpaired) electrons. The van der Waals surface area contributed by atoms with E-state index in [1.54, 1.807) is 35.1 Å². The molecule has 0 N–H and O–H groups in total. The van der Waals surface area contributed by atoms with Gasteiger partial charge in [-0.2, -0.15) is 0 Å². The molecule has 2 heterocycles. The fraction of sp³-hybridized carbons (Fsp3) is 0.222. The number of carbonyl (C=O) groups excluding carboxylic acids is 1. The third-order valence-electron chi connectivity index (χ3n) is 4.29. The molecule has 0 aliphatic heterocycles. The van der Waals surface area contributed by atoms with Gasteiger partial charge in [-0.15, -0.1) is 0 Å². The lowest BCUT2D eigenvalue weighted by atomic mass is 9.80. The van der Waals surface area contributed by atoms with E-state index in [9.17, 15) is 4.79 Å². The summed E-state index contributed by atoms with van der Waals surface area (Å²) in [5, 5.41) is 0. The molecule has 0 unspecified atom stereocenters. The molecule has 110 valence electrons. The summed E-state index contributed by atoms with van der Waals surface area (Å²) < 4.78 is 7.24. The molecular weight excluding hydrogens is 276 g/mol. The summed E-state index contributed by atoms with van der Waals surface area (Å²) in [6, 6.07) is 11.4. The second-order valence-corrected chi connectivity index (χ2v) is 5.70. The molecule has 2 aromatic heterocycles. The Bertz CT molecular complexity index is 816. The van der Waals surface area contributed by atoms with Crippen LogP contribution >= 0.6 is 0 Å². The quantitative estimate of drug-likeness (QED) is 0.544. The maximum absolute atomic E-state index is 12.2. The molecule has 4 rings (SSSR count). The third kappa shape index (κ3) is 2.37. The van der Waals surface area contributed by atoms with Gasteiger partial charge in [-0.05, 0) is 48.6 Å². The Hall–Kier alpha value is -2.62. The van der Waals surface area contributed by atoms with Crippen LogP contribution in [0.3, 0.4) is 0 Å². The molecule has 0 saturated heterocycles. The predicted molar refractivity (Wildman–Crippen MR) is 83.2 cm³/mol. The lowest BCUT2D eigenvalue weighted by Crippen LogP contribution is -2.10. The SMILES string of the molecule is O=C(Oc1ccc(C2CCC2)cc1)c1ccc2nccn2c1. The fourth-order valence-electron chi connectivity index (χ4n) is 2.76. The Balaban J connectivity index is 1.50. The number of nitrogens with zero attached hydrogens (tertiary/aromatic N) is 2. The fourth-order valence-corrected chi connectivity index (χ4v) is 2.76. The van der Waals surface area contributed by atoms with E-state index in [4.69, 9.17) is 4.74 Å². The van der Waals surface area contributed by atoms with Gasteiger partial charge in [-0.3, -0.25) is 0 Å². The second-order valence-electron chi connectivity index (χ2n) is 5.70. The Morgan fingerprint density at radius 2 is 1.95 bits per heavy atom. The summed E-state index contributed by atoms with van der Waals surface area (Å²) in [5.41, 5.74) is 2.65. The van der Waals surface area contributed by atoms with Crippen LogP contribution < -0.4 is 4.74 Å². The molecule has 0 spiro atoms. The number of benzene rings is 1. The summed E-state index contributed by atoms with van der Waals surface area (Å²) in [7, 11) is 0. The van der Waals surface area contributed by atoms with Crippen LogP contribution in [0.15, 0.2) is 55.0 Å². The van der Waals surface area contributed by atoms with Gasteiger partial charge in [-0.1, -0.05) is 18.6 Å². The van der Waals surface area contributed by atoms with Crippen LogP contribution in [0, 0.1) is 0 Å². The number of pyridine rings is 1.